The van der Waals surface area contributed by atoms with Gasteiger partial charge in [0, 0.05) is 38.8 Å². The van der Waals surface area contributed by atoms with Gasteiger partial charge < -0.3 is 15.5 Å². The van der Waals surface area contributed by atoms with E-state index in [2.05, 4.69) is 20.5 Å². The van der Waals surface area contributed by atoms with Gasteiger partial charge in [-0.05, 0) is 46.5 Å². The molecule has 0 radical (unpaired) electrons. The molecule has 0 aromatic heterocycles. The van der Waals surface area contributed by atoms with Crippen molar-refractivity contribution in [3.05, 3.63) is 0 Å². The number of rotatable bonds is 5. The molecule has 0 aromatic rings. The second-order valence-corrected chi connectivity index (χ2v) is 11.5. The third kappa shape index (κ3) is 7.68. The maximum atomic E-state index is 12.2. The zero-order valence-corrected chi connectivity index (χ0v) is 20.6. The molecule has 0 atom stereocenters. The number of hydrogen-bond acceptors (Lipinski definition) is 4. The summed E-state index contributed by atoms with van der Waals surface area (Å²) in [4.78, 5) is 6.93. The van der Waals surface area contributed by atoms with Gasteiger partial charge in [0.2, 0.25) is 0 Å². The molecular formula is C19H39IN4O2S. The zero-order valence-electron chi connectivity index (χ0n) is 17.5. The lowest BCUT2D eigenvalue weighted by Crippen LogP contribution is -2.51. The van der Waals surface area contributed by atoms with Crippen molar-refractivity contribution in [1.29, 1.82) is 0 Å². The fourth-order valence-corrected chi connectivity index (χ4v) is 4.84. The van der Waals surface area contributed by atoms with Crippen molar-refractivity contribution in [3.8, 4) is 0 Å². The molecule has 6 nitrogen and oxygen atoms in total. The number of hydrogen-bond donors (Lipinski definition) is 2. The van der Waals surface area contributed by atoms with Crippen LogP contribution in [-0.4, -0.2) is 68.5 Å². The van der Waals surface area contributed by atoms with Crippen LogP contribution in [0, 0.1) is 0 Å². The van der Waals surface area contributed by atoms with Gasteiger partial charge in [-0.3, -0.25) is 4.99 Å². The highest BCUT2D eigenvalue weighted by atomic mass is 127. The second kappa shape index (κ2) is 11.2. The SMILES string of the molecule is CN=C(NCCS(=O)(=O)C(C)(C)C)NC1CCN(C2CCCCC2)CC1.I. The van der Waals surface area contributed by atoms with Crippen LogP contribution in [0.3, 0.4) is 0 Å². The molecule has 27 heavy (non-hydrogen) atoms. The van der Waals surface area contributed by atoms with Crippen LogP contribution in [0.5, 0.6) is 0 Å². The summed E-state index contributed by atoms with van der Waals surface area (Å²) in [6, 6.07) is 1.21. The predicted molar refractivity (Wildman–Crippen MR) is 125 cm³/mol. The van der Waals surface area contributed by atoms with Crippen LogP contribution in [0.25, 0.3) is 0 Å². The Morgan fingerprint density at radius 2 is 1.67 bits per heavy atom. The molecular weight excluding hydrogens is 475 g/mol. The molecule has 1 aliphatic heterocycles. The van der Waals surface area contributed by atoms with Crippen LogP contribution >= 0.6 is 24.0 Å². The molecule has 0 spiro atoms. The first-order chi connectivity index (χ1) is 12.2. The first-order valence-corrected chi connectivity index (χ1v) is 11.8. The number of guanidine groups is 1. The molecule has 160 valence electrons. The molecule has 2 N–H and O–H groups in total. The standard InChI is InChI=1S/C19H38N4O2S.HI/c1-19(2,3)26(24,25)15-12-21-18(20-4)22-16-10-13-23(14-11-16)17-8-6-5-7-9-17;/h16-17H,5-15H2,1-4H3,(H2,20,21,22);1H. The summed E-state index contributed by atoms with van der Waals surface area (Å²) in [7, 11) is -1.37. The highest BCUT2D eigenvalue weighted by Gasteiger charge is 2.29. The summed E-state index contributed by atoms with van der Waals surface area (Å²) in [6.45, 7) is 7.93. The van der Waals surface area contributed by atoms with Crippen molar-refractivity contribution < 1.29 is 8.42 Å². The minimum Gasteiger partial charge on any atom is -0.355 e. The average molecular weight is 515 g/mol. The quantitative estimate of drug-likeness (QED) is 0.336. The Bertz CT molecular complexity index is 561. The lowest BCUT2D eigenvalue weighted by molar-refractivity contribution is 0.119. The van der Waals surface area contributed by atoms with Gasteiger partial charge in [-0.1, -0.05) is 19.3 Å². The van der Waals surface area contributed by atoms with Crippen LogP contribution in [0.2, 0.25) is 0 Å². The zero-order chi connectivity index (χ0) is 19.2. The van der Waals surface area contributed by atoms with Gasteiger partial charge in [-0.2, -0.15) is 0 Å². The summed E-state index contributed by atoms with van der Waals surface area (Å²) in [6.07, 6.45) is 9.15. The van der Waals surface area contributed by atoms with Crippen molar-refractivity contribution in [2.24, 2.45) is 4.99 Å². The topological polar surface area (TPSA) is 73.8 Å². The van der Waals surface area contributed by atoms with Crippen molar-refractivity contribution in [2.45, 2.75) is 82.5 Å². The van der Waals surface area contributed by atoms with E-state index < -0.39 is 14.6 Å². The third-order valence-electron chi connectivity index (χ3n) is 5.78. The lowest BCUT2D eigenvalue weighted by Gasteiger charge is -2.39. The van der Waals surface area contributed by atoms with E-state index in [0.717, 1.165) is 32.0 Å². The van der Waals surface area contributed by atoms with Crippen molar-refractivity contribution in [2.75, 3.05) is 32.4 Å². The molecule has 1 saturated heterocycles. The van der Waals surface area contributed by atoms with E-state index in [-0.39, 0.29) is 29.7 Å². The lowest BCUT2D eigenvalue weighted by atomic mass is 9.92. The van der Waals surface area contributed by atoms with E-state index in [1.54, 1.807) is 27.8 Å². The van der Waals surface area contributed by atoms with Crippen molar-refractivity contribution in [1.82, 2.24) is 15.5 Å². The van der Waals surface area contributed by atoms with Gasteiger partial charge in [-0.25, -0.2) is 8.42 Å². The Morgan fingerprint density at radius 3 is 2.19 bits per heavy atom. The molecule has 0 aromatic carbocycles. The Kier molecular flexibility index (Phi) is 10.3. The summed E-state index contributed by atoms with van der Waals surface area (Å²) in [5.74, 6) is 0.836. The maximum absolute atomic E-state index is 12.2. The first kappa shape index (κ1) is 24.9. The van der Waals surface area contributed by atoms with Crippen molar-refractivity contribution >= 4 is 39.8 Å². The molecule has 0 bridgehead atoms. The van der Waals surface area contributed by atoms with Crippen molar-refractivity contribution in [3.63, 3.8) is 0 Å². The highest BCUT2D eigenvalue weighted by Crippen LogP contribution is 2.25. The van der Waals surface area contributed by atoms with Crippen LogP contribution in [-0.2, 0) is 9.84 Å². The van der Waals surface area contributed by atoms with Gasteiger partial charge in [0.1, 0.15) is 0 Å². The Hall–Kier alpha value is -0.0900. The molecule has 1 aliphatic carbocycles. The summed E-state index contributed by atoms with van der Waals surface area (Å²) in [5, 5.41) is 6.64. The summed E-state index contributed by atoms with van der Waals surface area (Å²) in [5.41, 5.74) is 0. The Labute approximate surface area is 183 Å². The van der Waals surface area contributed by atoms with Gasteiger partial charge >= 0.3 is 0 Å². The largest absolute Gasteiger partial charge is 0.355 e. The van der Waals surface area contributed by atoms with E-state index >= 15 is 0 Å². The maximum Gasteiger partial charge on any atom is 0.191 e. The van der Waals surface area contributed by atoms with E-state index in [4.69, 9.17) is 0 Å². The monoisotopic (exact) mass is 514 g/mol. The van der Waals surface area contributed by atoms with Crippen LogP contribution in [0.4, 0.5) is 0 Å². The van der Waals surface area contributed by atoms with Crippen LogP contribution < -0.4 is 10.6 Å². The molecule has 2 rings (SSSR count). The average Bonchev–Trinajstić information content (AvgIpc) is 2.61. The Balaban J connectivity index is 0.00000364. The van der Waals surface area contributed by atoms with E-state index in [1.165, 1.54) is 32.1 Å². The number of piperidine rings is 1. The molecule has 8 heteroatoms. The summed E-state index contributed by atoms with van der Waals surface area (Å²) >= 11 is 0. The second-order valence-electron chi connectivity index (χ2n) is 8.68. The van der Waals surface area contributed by atoms with Gasteiger partial charge in [0.05, 0.1) is 10.5 Å². The molecule has 0 amide bonds. The normalized spacial score (nSPS) is 21.6. The third-order valence-corrected chi connectivity index (χ3v) is 8.39. The number of nitrogens with one attached hydrogen (secondary N) is 2. The molecule has 1 heterocycles. The number of likely N-dealkylation sites (tertiary alicyclic amines) is 1. The van der Waals surface area contributed by atoms with Gasteiger partial charge in [0.25, 0.3) is 0 Å². The molecule has 2 fully saturated rings. The van der Waals surface area contributed by atoms with E-state index in [1.807, 2.05) is 0 Å². The van der Waals surface area contributed by atoms with Crippen LogP contribution in [0.15, 0.2) is 4.99 Å². The summed E-state index contributed by atoms with van der Waals surface area (Å²) < 4.78 is 23.7. The molecule has 2 aliphatic rings. The Morgan fingerprint density at radius 1 is 1.07 bits per heavy atom. The molecule has 0 unspecified atom stereocenters. The smallest absolute Gasteiger partial charge is 0.191 e. The minimum atomic E-state index is -3.11. The molecule has 1 saturated carbocycles. The van der Waals surface area contributed by atoms with E-state index in [9.17, 15) is 8.42 Å². The van der Waals surface area contributed by atoms with Gasteiger partial charge in [-0.15, -0.1) is 24.0 Å². The minimum absolute atomic E-state index is 0. The highest BCUT2D eigenvalue weighted by molar-refractivity contribution is 14.0. The first-order valence-electron chi connectivity index (χ1n) is 10.2. The number of nitrogens with zero attached hydrogens (tertiary/aromatic N) is 2. The number of halogens is 1. The fourth-order valence-electron chi connectivity index (χ4n) is 3.85. The van der Waals surface area contributed by atoms with Crippen LogP contribution in [0.1, 0.15) is 65.7 Å². The predicted octanol–water partition coefficient (Wildman–Crippen LogP) is 2.78. The fraction of sp³-hybridized carbons (Fsp3) is 0.947. The number of sulfone groups is 1. The van der Waals surface area contributed by atoms with E-state index in [0.29, 0.717) is 18.5 Å². The van der Waals surface area contributed by atoms with Gasteiger partial charge in [0.15, 0.2) is 15.8 Å². The number of aliphatic imine (C=N–C) groups is 1.